The summed E-state index contributed by atoms with van der Waals surface area (Å²) in [6.07, 6.45) is 0. The standard InChI is InChI=1S/C29H21F2NO5/c1-36-22-11-6-12-23(37-2)24(22)27(33)25-26(19-10-5-8-16-7-3-4-9-18(16)19)32(29(35)28(25)34)17-13-14-20(30)21(31)15-17/h3-15,26,33H,1-2H3/b27-25+. The molecule has 4 aromatic carbocycles. The number of methoxy groups -OCH3 is 2. The van der Waals surface area contributed by atoms with Crippen LogP contribution in [0.1, 0.15) is 17.2 Å². The molecule has 0 radical (unpaired) electrons. The van der Waals surface area contributed by atoms with Crippen LogP contribution in [-0.2, 0) is 9.59 Å². The van der Waals surface area contributed by atoms with Crippen LogP contribution < -0.4 is 14.4 Å². The van der Waals surface area contributed by atoms with Gasteiger partial charge >= 0.3 is 0 Å². The number of amides is 1. The molecule has 1 atom stereocenters. The van der Waals surface area contributed by atoms with Crippen molar-refractivity contribution in [3.8, 4) is 11.5 Å². The average molecular weight is 501 g/mol. The molecular formula is C29H21F2NO5. The Kier molecular flexibility index (Phi) is 6.09. The number of hydrogen-bond acceptors (Lipinski definition) is 5. The minimum Gasteiger partial charge on any atom is -0.506 e. The first-order valence-corrected chi connectivity index (χ1v) is 11.3. The lowest BCUT2D eigenvalue weighted by atomic mass is 9.91. The van der Waals surface area contributed by atoms with E-state index >= 15 is 0 Å². The van der Waals surface area contributed by atoms with Crippen molar-refractivity contribution in [3.05, 3.63) is 107 Å². The Labute approximate surface area is 211 Å². The number of anilines is 1. The number of benzene rings is 4. The molecule has 4 aromatic rings. The molecule has 1 heterocycles. The van der Waals surface area contributed by atoms with E-state index in [9.17, 15) is 23.5 Å². The van der Waals surface area contributed by atoms with E-state index in [0.29, 0.717) is 10.9 Å². The van der Waals surface area contributed by atoms with E-state index in [1.54, 1.807) is 36.4 Å². The molecule has 1 N–H and O–H groups in total. The highest BCUT2D eigenvalue weighted by Gasteiger charge is 2.48. The summed E-state index contributed by atoms with van der Waals surface area (Å²) in [7, 11) is 2.79. The first-order chi connectivity index (χ1) is 17.9. The van der Waals surface area contributed by atoms with Crippen molar-refractivity contribution < 1.29 is 33.0 Å². The molecule has 1 aliphatic rings. The van der Waals surface area contributed by atoms with E-state index in [-0.39, 0.29) is 28.3 Å². The van der Waals surface area contributed by atoms with Crippen LogP contribution >= 0.6 is 0 Å². The summed E-state index contributed by atoms with van der Waals surface area (Å²) in [5.41, 5.74) is 0.317. The van der Waals surface area contributed by atoms with Crippen molar-refractivity contribution in [3.63, 3.8) is 0 Å². The number of aliphatic hydroxyl groups excluding tert-OH is 1. The van der Waals surface area contributed by atoms with Gasteiger partial charge in [0.25, 0.3) is 11.7 Å². The van der Waals surface area contributed by atoms with Gasteiger partial charge in [0.05, 0.1) is 25.8 Å². The van der Waals surface area contributed by atoms with E-state index in [0.717, 1.165) is 22.4 Å². The fraction of sp³-hybridized carbons (Fsp3) is 0.103. The van der Waals surface area contributed by atoms with E-state index in [4.69, 9.17) is 9.47 Å². The monoisotopic (exact) mass is 501 g/mol. The molecule has 5 rings (SSSR count). The van der Waals surface area contributed by atoms with Gasteiger partial charge in [-0.25, -0.2) is 8.78 Å². The van der Waals surface area contributed by atoms with E-state index < -0.39 is 35.1 Å². The van der Waals surface area contributed by atoms with E-state index in [1.807, 2.05) is 24.3 Å². The maximum Gasteiger partial charge on any atom is 0.300 e. The number of nitrogens with zero attached hydrogens (tertiary/aromatic N) is 1. The lowest BCUT2D eigenvalue weighted by Crippen LogP contribution is -2.29. The van der Waals surface area contributed by atoms with Gasteiger partial charge in [-0.15, -0.1) is 0 Å². The number of carbonyl (C=O) groups excluding carboxylic acids is 2. The summed E-state index contributed by atoms with van der Waals surface area (Å²) < 4.78 is 38.8. The first kappa shape index (κ1) is 24.0. The Morgan fingerprint density at radius 1 is 0.838 bits per heavy atom. The van der Waals surface area contributed by atoms with Crippen molar-refractivity contribution in [2.45, 2.75) is 6.04 Å². The molecule has 8 heteroatoms. The Hall–Kier alpha value is -4.72. The zero-order valence-electron chi connectivity index (χ0n) is 19.9. The Morgan fingerprint density at radius 2 is 1.49 bits per heavy atom. The van der Waals surface area contributed by atoms with Crippen LogP contribution in [0.5, 0.6) is 11.5 Å². The molecule has 1 unspecified atom stereocenters. The number of ether oxygens (including phenoxy) is 2. The highest BCUT2D eigenvalue weighted by Crippen LogP contribution is 2.46. The number of aliphatic hydroxyl groups is 1. The molecule has 1 amide bonds. The fourth-order valence-corrected chi connectivity index (χ4v) is 4.74. The summed E-state index contributed by atoms with van der Waals surface area (Å²) in [4.78, 5) is 28.0. The van der Waals surface area contributed by atoms with Gasteiger partial charge < -0.3 is 14.6 Å². The summed E-state index contributed by atoms with van der Waals surface area (Å²) in [5, 5.41) is 13.1. The second-order valence-corrected chi connectivity index (χ2v) is 8.37. The van der Waals surface area contributed by atoms with Crippen molar-refractivity contribution in [2.24, 2.45) is 0 Å². The third-order valence-corrected chi connectivity index (χ3v) is 6.41. The zero-order valence-corrected chi connectivity index (χ0v) is 19.9. The van der Waals surface area contributed by atoms with Crippen molar-refractivity contribution in [1.29, 1.82) is 0 Å². The Bertz CT molecular complexity index is 1570. The third-order valence-electron chi connectivity index (χ3n) is 6.41. The molecule has 186 valence electrons. The summed E-state index contributed by atoms with van der Waals surface area (Å²) in [6.45, 7) is 0. The van der Waals surface area contributed by atoms with Gasteiger partial charge in [-0.05, 0) is 40.6 Å². The van der Waals surface area contributed by atoms with Gasteiger partial charge in [0.2, 0.25) is 0 Å². The molecule has 1 fully saturated rings. The molecule has 0 bridgehead atoms. The molecule has 37 heavy (non-hydrogen) atoms. The molecule has 0 saturated carbocycles. The van der Waals surface area contributed by atoms with E-state index in [1.165, 1.54) is 20.3 Å². The van der Waals surface area contributed by atoms with Crippen LogP contribution in [0, 0.1) is 11.6 Å². The molecule has 0 aliphatic carbocycles. The number of halogens is 2. The average Bonchev–Trinajstić information content (AvgIpc) is 3.18. The number of ketones is 1. The lowest BCUT2D eigenvalue weighted by Gasteiger charge is -2.27. The topological polar surface area (TPSA) is 76.1 Å². The second-order valence-electron chi connectivity index (χ2n) is 8.37. The van der Waals surface area contributed by atoms with Crippen LogP contribution in [0.3, 0.4) is 0 Å². The third kappa shape index (κ3) is 3.87. The summed E-state index contributed by atoms with van der Waals surface area (Å²) >= 11 is 0. The highest BCUT2D eigenvalue weighted by atomic mass is 19.2. The largest absolute Gasteiger partial charge is 0.506 e. The van der Waals surface area contributed by atoms with Crippen molar-refractivity contribution in [2.75, 3.05) is 19.1 Å². The maximum absolute atomic E-state index is 14.3. The molecule has 1 saturated heterocycles. The SMILES string of the molecule is COc1cccc(OC)c1/C(O)=C1\C(=O)C(=O)N(c2ccc(F)c(F)c2)C1c1cccc2ccccc12. The van der Waals surface area contributed by atoms with Crippen LogP contribution in [0.25, 0.3) is 16.5 Å². The van der Waals surface area contributed by atoms with Gasteiger partial charge in [-0.1, -0.05) is 48.5 Å². The van der Waals surface area contributed by atoms with Crippen LogP contribution in [0.4, 0.5) is 14.5 Å². The fourth-order valence-electron chi connectivity index (χ4n) is 4.74. The highest BCUT2D eigenvalue weighted by molar-refractivity contribution is 6.52. The van der Waals surface area contributed by atoms with E-state index in [2.05, 4.69) is 0 Å². The van der Waals surface area contributed by atoms with Crippen LogP contribution in [-0.4, -0.2) is 31.0 Å². The first-order valence-electron chi connectivity index (χ1n) is 11.3. The number of hydrogen-bond donors (Lipinski definition) is 1. The molecule has 0 aromatic heterocycles. The normalized spacial score (nSPS) is 16.9. The van der Waals surface area contributed by atoms with Crippen molar-refractivity contribution >= 4 is 33.9 Å². The number of carbonyl (C=O) groups is 2. The van der Waals surface area contributed by atoms with Crippen molar-refractivity contribution in [1.82, 2.24) is 0 Å². The number of fused-ring (bicyclic) bond motifs is 1. The minimum absolute atomic E-state index is 0.0371. The lowest BCUT2D eigenvalue weighted by molar-refractivity contribution is -0.132. The van der Waals surface area contributed by atoms with Gasteiger partial charge in [0.15, 0.2) is 11.6 Å². The zero-order chi connectivity index (χ0) is 26.3. The van der Waals surface area contributed by atoms with Gasteiger partial charge in [-0.3, -0.25) is 14.5 Å². The predicted molar refractivity (Wildman–Crippen MR) is 135 cm³/mol. The molecular weight excluding hydrogens is 480 g/mol. The quantitative estimate of drug-likeness (QED) is 0.214. The molecule has 0 spiro atoms. The predicted octanol–water partition coefficient (Wildman–Crippen LogP) is 5.76. The maximum atomic E-state index is 14.3. The smallest absolute Gasteiger partial charge is 0.300 e. The van der Waals surface area contributed by atoms with Gasteiger partial charge in [0, 0.05) is 11.8 Å². The molecule has 1 aliphatic heterocycles. The Morgan fingerprint density at radius 3 is 2.16 bits per heavy atom. The van der Waals surface area contributed by atoms with Crippen LogP contribution in [0.2, 0.25) is 0 Å². The van der Waals surface area contributed by atoms with Crippen LogP contribution in [0.15, 0.2) is 84.4 Å². The Balaban J connectivity index is 1.86. The number of rotatable bonds is 5. The summed E-state index contributed by atoms with van der Waals surface area (Å²) in [6, 6.07) is 19.3. The molecule has 6 nitrogen and oxygen atoms in total. The minimum atomic E-state index is -1.18. The second kappa shape index (κ2) is 9.39. The summed E-state index contributed by atoms with van der Waals surface area (Å²) in [5.74, 6) is -4.36. The van der Waals surface area contributed by atoms with Gasteiger partial charge in [0.1, 0.15) is 22.8 Å². The van der Waals surface area contributed by atoms with Gasteiger partial charge in [-0.2, -0.15) is 0 Å². The number of Topliss-reactive ketones (excluding diaryl/α,β-unsaturated/α-hetero) is 1.